The smallest absolute Gasteiger partial charge is 0.220 e. The van der Waals surface area contributed by atoms with E-state index in [0.29, 0.717) is 18.9 Å². The number of thiol groups is 1. The SMILES string of the molecule is C/C1=C/C(C)/C=C(/CS)C=CC1.O=C(CCCCc1nncn1-c1ccccc1)NCC1CCCO1. The summed E-state index contributed by atoms with van der Waals surface area (Å²) in [5.74, 6) is 2.43. The van der Waals surface area contributed by atoms with Gasteiger partial charge in [0.15, 0.2) is 0 Å². The fourth-order valence-corrected chi connectivity index (χ4v) is 4.59. The van der Waals surface area contributed by atoms with Crippen LogP contribution < -0.4 is 5.32 Å². The average Bonchev–Trinajstić information content (AvgIpc) is 3.57. The van der Waals surface area contributed by atoms with Crippen molar-refractivity contribution >= 4 is 18.5 Å². The van der Waals surface area contributed by atoms with Gasteiger partial charge in [-0.2, -0.15) is 12.6 Å². The molecule has 4 rings (SSSR count). The van der Waals surface area contributed by atoms with Crippen LogP contribution in [0.1, 0.15) is 58.2 Å². The Hall–Kier alpha value is -2.64. The largest absolute Gasteiger partial charge is 0.376 e. The van der Waals surface area contributed by atoms with E-state index in [1.807, 2.05) is 34.9 Å². The number of unbranched alkanes of at least 4 members (excludes halogenated alkanes) is 1. The van der Waals surface area contributed by atoms with Gasteiger partial charge in [-0.3, -0.25) is 9.36 Å². The summed E-state index contributed by atoms with van der Waals surface area (Å²) in [7, 11) is 0. The molecule has 36 heavy (non-hydrogen) atoms. The molecule has 2 atom stereocenters. The topological polar surface area (TPSA) is 69.0 Å². The number of nitrogens with zero attached hydrogens (tertiary/aromatic N) is 3. The quantitative estimate of drug-likeness (QED) is 0.261. The molecule has 0 spiro atoms. The molecule has 2 heterocycles. The standard InChI is InChI=1S/C18H24N4O2.C11H16S/c23-18(19-13-16-9-6-12-24-16)11-5-4-10-17-21-20-14-22(17)15-7-2-1-3-8-15;1-9-4-3-5-11(8-12)7-10(2)6-9/h1-3,7-8,14,16H,4-6,9-13H2,(H,19,23);3,5-7,10,12H,4,8H2,1-2H3/b;5-3?,9-6-,11-7+. The number of benzene rings is 1. The summed E-state index contributed by atoms with van der Waals surface area (Å²) in [6.45, 7) is 5.86. The summed E-state index contributed by atoms with van der Waals surface area (Å²) >= 11 is 4.27. The zero-order valence-electron chi connectivity index (χ0n) is 21.6. The van der Waals surface area contributed by atoms with Gasteiger partial charge in [-0.1, -0.05) is 55.0 Å². The fraction of sp³-hybridized carbons (Fsp3) is 0.483. The Balaban J connectivity index is 0.000000253. The first-order chi connectivity index (χ1) is 17.5. The van der Waals surface area contributed by atoms with Crippen LogP contribution in [0.15, 0.2) is 72.1 Å². The number of ether oxygens (including phenoxy) is 1. The van der Waals surface area contributed by atoms with E-state index in [9.17, 15) is 4.79 Å². The summed E-state index contributed by atoms with van der Waals surface area (Å²) in [6, 6.07) is 10.1. The number of carbonyl (C=O) groups is 1. The lowest BCUT2D eigenvalue weighted by atomic mass is 10.0. The molecule has 1 aromatic heterocycles. The highest BCUT2D eigenvalue weighted by Gasteiger charge is 2.16. The minimum atomic E-state index is 0.107. The van der Waals surface area contributed by atoms with Crippen molar-refractivity contribution in [1.82, 2.24) is 20.1 Å². The fourth-order valence-electron chi connectivity index (χ4n) is 4.38. The van der Waals surface area contributed by atoms with Gasteiger partial charge in [-0.05, 0) is 62.7 Å². The first-order valence-corrected chi connectivity index (χ1v) is 13.7. The Morgan fingerprint density at radius 2 is 2.06 bits per heavy atom. The molecule has 7 heteroatoms. The van der Waals surface area contributed by atoms with E-state index in [1.54, 1.807) is 6.33 Å². The number of allylic oxidation sites excluding steroid dienone is 5. The molecule has 1 N–H and O–H groups in total. The van der Waals surface area contributed by atoms with Crippen LogP contribution in [0.25, 0.3) is 5.69 Å². The van der Waals surface area contributed by atoms with Crippen molar-refractivity contribution < 1.29 is 9.53 Å². The van der Waals surface area contributed by atoms with Crippen molar-refractivity contribution in [2.24, 2.45) is 5.92 Å². The van der Waals surface area contributed by atoms with E-state index in [-0.39, 0.29) is 12.0 Å². The van der Waals surface area contributed by atoms with Crippen molar-refractivity contribution in [2.75, 3.05) is 18.9 Å². The zero-order valence-corrected chi connectivity index (χ0v) is 22.5. The van der Waals surface area contributed by atoms with E-state index in [0.717, 1.165) is 62.4 Å². The summed E-state index contributed by atoms with van der Waals surface area (Å²) in [5.41, 5.74) is 3.84. The normalized spacial score (nSPS) is 22.3. The second-order valence-corrected chi connectivity index (χ2v) is 9.79. The third-order valence-corrected chi connectivity index (χ3v) is 6.60. The summed E-state index contributed by atoms with van der Waals surface area (Å²) in [6.07, 6.45) is 17.3. The Morgan fingerprint density at radius 3 is 2.81 bits per heavy atom. The Kier molecular flexibility index (Phi) is 12.0. The number of nitrogens with one attached hydrogen (secondary N) is 1. The van der Waals surface area contributed by atoms with Gasteiger partial charge in [0.2, 0.25) is 5.91 Å². The lowest BCUT2D eigenvalue weighted by molar-refractivity contribution is -0.121. The molecule has 2 aliphatic rings. The molecule has 0 bridgehead atoms. The van der Waals surface area contributed by atoms with Crippen molar-refractivity contribution in [1.29, 1.82) is 0 Å². The van der Waals surface area contributed by atoms with Crippen LogP contribution in [0.3, 0.4) is 0 Å². The molecule has 1 saturated heterocycles. The second-order valence-electron chi connectivity index (χ2n) is 9.48. The molecule has 0 radical (unpaired) electrons. The van der Waals surface area contributed by atoms with Crippen LogP contribution in [0.4, 0.5) is 0 Å². The molecule has 0 saturated carbocycles. The lowest BCUT2D eigenvalue weighted by Gasteiger charge is -2.10. The van der Waals surface area contributed by atoms with Crippen LogP contribution in [0, 0.1) is 5.92 Å². The minimum absolute atomic E-state index is 0.107. The van der Waals surface area contributed by atoms with Crippen LogP contribution in [-0.2, 0) is 16.0 Å². The van der Waals surface area contributed by atoms with Crippen LogP contribution in [-0.4, -0.2) is 45.7 Å². The molecule has 1 aromatic carbocycles. The highest BCUT2D eigenvalue weighted by atomic mass is 32.1. The first-order valence-electron chi connectivity index (χ1n) is 13.0. The molecule has 1 fully saturated rings. The second kappa shape index (κ2) is 15.5. The molecular weight excluding hydrogens is 468 g/mol. The molecule has 1 aliphatic heterocycles. The van der Waals surface area contributed by atoms with Crippen LogP contribution >= 0.6 is 12.6 Å². The van der Waals surface area contributed by atoms with Crippen LogP contribution in [0.5, 0.6) is 0 Å². The Labute approximate surface area is 221 Å². The molecular formula is C29H40N4O2S. The molecule has 1 amide bonds. The van der Waals surface area contributed by atoms with E-state index < -0.39 is 0 Å². The highest BCUT2D eigenvalue weighted by molar-refractivity contribution is 7.80. The molecule has 2 aromatic rings. The maximum Gasteiger partial charge on any atom is 0.220 e. The number of hydrogen-bond acceptors (Lipinski definition) is 5. The highest BCUT2D eigenvalue weighted by Crippen LogP contribution is 2.16. The van der Waals surface area contributed by atoms with Gasteiger partial charge in [-0.15, -0.1) is 10.2 Å². The third-order valence-electron chi connectivity index (χ3n) is 6.24. The van der Waals surface area contributed by atoms with Crippen molar-refractivity contribution in [3.63, 3.8) is 0 Å². The van der Waals surface area contributed by atoms with E-state index >= 15 is 0 Å². The number of hydrogen-bond donors (Lipinski definition) is 2. The van der Waals surface area contributed by atoms with Crippen molar-refractivity contribution in [3.05, 3.63) is 77.9 Å². The van der Waals surface area contributed by atoms with Crippen LogP contribution in [0.2, 0.25) is 0 Å². The van der Waals surface area contributed by atoms with Gasteiger partial charge in [0.1, 0.15) is 12.2 Å². The predicted octanol–water partition coefficient (Wildman–Crippen LogP) is 5.66. The van der Waals surface area contributed by atoms with Gasteiger partial charge in [-0.25, -0.2) is 0 Å². The number of amides is 1. The number of para-hydroxylation sites is 1. The molecule has 194 valence electrons. The maximum absolute atomic E-state index is 11.8. The number of carbonyl (C=O) groups excluding carboxylic acids is 1. The Bertz CT molecular complexity index is 1020. The first kappa shape index (κ1) is 27.9. The van der Waals surface area contributed by atoms with Gasteiger partial charge < -0.3 is 10.1 Å². The molecule has 2 unspecified atom stereocenters. The monoisotopic (exact) mass is 508 g/mol. The number of rotatable bonds is 9. The predicted molar refractivity (Wildman–Crippen MR) is 150 cm³/mol. The number of aromatic nitrogens is 3. The lowest BCUT2D eigenvalue weighted by Crippen LogP contribution is -2.31. The third kappa shape index (κ3) is 9.78. The summed E-state index contributed by atoms with van der Waals surface area (Å²) in [4.78, 5) is 11.8. The average molecular weight is 509 g/mol. The van der Waals surface area contributed by atoms with Gasteiger partial charge in [0.25, 0.3) is 0 Å². The van der Waals surface area contributed by atoms with E-state index in [1.165, 1.54) is 11.1 Å². The summed E-state index contributed by atoms with van der Waals surface area (Å²) < 4.78 is 7.50. The molecule has 1 aliphatic carbocycles. The van der Waals surface area contributed by atoms with Crippen molar-refractivity contribution in [3.8, 4) is 5.69 Å². The maximum atomic E-state index is 11.8. The van der Waals surface area contributed by atoms with E-state index in [2.05, 4.69) is 66.3 Å². The molecule has 6 nitrogen and oxygen atoms in total. The Morgan fingerprint density at radius 1 is 1.22 bits per heavy atom. The number of aryl methyl sites for hydroxylation is 1. The minimum Gasteiger partial charge on any atom is -0.376 e. The van der Waals surface area contributed by atoms with Crippen molar-refractivity contribution in [2.45, 2.75) is 64.9 Å². The van der Waals surface area contributed by atoms with Gasteiger partial charge >= 0.3 is 0 Å². The van der Waals surface area contributed by atoms with E-state index in [4.69, 9.17) is 4.74 Å². The zero-order chi connectivity index (χ0) is 25.6. The van der Waals surface area contributed by atoms with Gasteiger partial charge in [0, 0.05) is 37.4 Å². The summed E-state index contributed by atoms with van der Waals surface area (Å²) in [5, 5.41) is 11.2. The van der Waals surface area contributed by atoms with Gasteiger partial charge in [0.05, 0.1) is 6.10 Å².